The van der Waals surface area contributed by atoms with Gasteiger partial charge in [-0.3, -0.25) is 9.69 Å². The first-order chi connectivity index (χ1) is 11.6. The maximum Gasteiger partial charge on any atom is 0.234 e. The van der Waals surface area contributed by atoms with Gasteiger partial charge >= 0.3 is 0 Å². The van der Waals surface area contributed by atoms with E-state index in [1.54, 1.807) is 19.2 Å². The first-order valence-electron chi connectivity index (χ1n) is 7.90. The zero-order chi connectivity index (χ0) is 17.4. The SMILES string of the molecule is COc1ccccc1CN(C)CC(=O)NCCc1ccc(F)cc1. The van der Waals surface area contributed by atoms with Gasteiger partial charge in [-0.05, 0) is 37.2 Å². The van der Waals surface area contributed by atoms with E-state index in [4.69, 9.17) is 4.74 Å². The van der Waals surface area contributed by atoms with Gasteiger partial charge in [0.05, 0.1) is 13.7 Å². The summed E-state index contributed by atoms with van der Waals surface area (Å²) in [5.41, 5.74) is 2.04. The molecule has 1 N–H and O–H groups in total. The summed E-state index contributed by atoms with van der Waals surface area (Å²) >= 11 is 0. The highest BCUT2D eigenvalue weighted by Gasteiger charge is 2.09. The lowest BCUT2D eigenvalue weighted by Crippen LogP contribution is -2.35. The van der Waals surface area contributed by atoms with Gasteiger partial charge in [0.25, 0.3) is 0 Å². The van der Waals surface area contributed by atoms with Gasteiger partial charge in [0.2, 0.25) is 5.91 Å². The van der Waals surface area contributed by atoms with Crippen LogP contribution in [0.2, 0.25) is 0 Å². The number of nitrogens with zero attached hydrogens (tertiary/aromatic N) is 1. The van der Waals surface area contributed by atoms with Gasteiger partial charge < -0.3 is 10.1 Å². The average Bonchev–Trinajstić information content (AvgIpc) is 2.57. The van der Waals surface area contributed by atoms with Crippen molar-refractivity contribution in [2.45, 2.75) is 13.0 Å². The highest BCUT2D eigenvalue weighted by molar-refractivity contribution is 5.77. The molecule has 2 aromatic rings. The third-order valence-corrected chi connectivity index (χ3v) is 3.70. The Morgan fingerprint density at radius 1 is 1.17 bits per heavy atom. The van der Waals surface area contributed by atoms with Crippen molar-refractivity contribution in [3.8, 4) is 5.75 Å². The van der Waals surface area contributed by atoms with Crippen molar-refractivity contribution in [2.75, 3.05) is 27.2 Å². The molecule has 0 aliphatic carbocycles. The predicted molar refractivity (Wildman–Crippen MR) is 92.4 cm³/mol. The Kier molecular flexibility index (Phi) is 6.75. The van der Waals surface area contributed by atoms with Crippen LogP contribution in [0.3, 0.4) is 0 Å². The van der Waals surface area contributed by atoms with Crippen LogP contribution in [0.25, 0.3) is 0 Å². The molecule has 24 heavy (non-hydrogen) atoms. The lowest BCUT2D eigenvalue weighted by Gasteiger charge is -2.18. The third-order valence-electron chi connectivity index (χ3n) is 3.70. The van der Waals surface area contributed by atoms with Gasteiger partial charge in [-0.15, -0.1) is 0 Å². The van der Waals surface area contributed by atoms with Crippen LogP contribution in [0, 0.1) is 5.82 Å². The summed E-state index contributed by atoms with van der Waals surface area (Å²) in [6.07, 6.45) is 0.683. The molecule has 0 aromatic heterocycles. The van der Waals surface area contributed by atoms with Crippen LogP contribution in [0.5, 0.6) is 5.75 Å². The Labute approximate surface area is 142 Å². The first kappa shape index (κ1) is 17.9. The summed E-state index contributed by atoms with van der Waals surface area (Å²) < 4.78 is 18.1. The van der Waals surface area contributed by atoms with Crippen LogP contribution in [0.15, 0.2) is 48.5 Å². The van der Waals surface area contributed by atoms with Crippen LogP contribution < -0.4 is 10.1 Å². The molecule has 5 heteroatoms. The third kappa shape index (κ3) is 5.66. The second-order valence-electron chi connectivity index (χ2n) is 5.71. The molecule has 0 spiro atoms. The maximum atomic E-state index is 12.8. The number of ether oxygens (including phenoxy) is 1. The van der Waals surface area contributed by atoms with Crippen molar-refractivity contribution in [3.05, 3.63) is 65.5 Å². The number of para-hydroxylation sites is 1. The molecule has 0 fully saturated rings. The number of amides is 1. The summed E-state index contributed by atoms with van der Waals surface area (Å²) in [5.74, 6) is 0.538. The standard InChI is InChI=1S/C19H23FN2O2/c1-22(13-16-5-3-4-6-18(16)24-2)14-19(23)21-12-11-15-7-9-17(20)10-8-15/h3-10H,11-14H2,1-2H3,(H,21,23). The molecular weight excluding hydrogens is 307 g/mol. The number of benzene rings is 2. The predicted octanol–water partition coefficient (Wildman–Crippen LogP) is 2.63. The summed E-state index contributed by atoms with van der Waals surface area (Å²) in [7, 11) is 3.53. The number of nitrogens with one attached hydrogen (secondary N) is 1. The van der Waals surface area contributed by atoms with Gasteiger partial charge in [-0.2, -0.15) is 0 Å². The number of hydrogen-bond donors (Lipinski definition) is 1. The number of methoxy groups -OCH3 is 1. The second kappa shape index (κ2) is 9.03. The van der Waals surface area contributed by atoms with Crippen LogP contribution in [-0.4, -0.2) is 38.1 Å². The van der Waals surface area contributed by atoms with E-state index >= 15 is 0 Å². The van der Waals surface area contributed by atoms with Gasteiger partial charge in [0.15, 0.2) is 0 Å². The Morgan fingerprint density at radius 2 is 1.88 bits per heavy atom. The monoisotopic (exact) mass is 330 g/mol. The highest BCUT2D eigenvalue weighted by atomic mass is 19.1. The van der Waals surface area contributed by atoms with E-state index in [0.29, 0.717) is 26.1 Å². The molecule has 0 heterocycles. The smallest absolute Gasteiger partial charge is 0.234 e. The van der Waals surface area contributed by atoms with Gasteiger partial charge in [-0.1, -0.05) is 30.3 Å². The van der Waals surface area contributed by atoms with Crippen molar-refractivity contribution >= 4 is 5.91 Å². The van der Waals surface area contributed by atoms with Crippen LogP contribution in [0.4, 0.5) is 4.39 Å². The maximum absolute atomic E-state index is 12.8. The van der Waals surface area contributed by atoms with Gasteiger partial charge in [0, 0.05) is 18.7 Å². The molecule has 0 bridgehead atoms. The topological polar surface area (TPSA) is 41.6 Å². The minimum Gasteiger partial charge on any atom is -0.496 e. The largest absolute Gasteiger partial charge is 0.496 e. The number of likely N-dealkylation sites (N-methyl/N-ethyl adjacent to an activating group) is 1. The molecule has 0 saturated heterocycles. The minimum atomic E-state index is -0.249. The van der Waals surface area contributed by atoms with E-state index in [-0.39, 0.29) is 11.7 Å². The number of carbonyl (C=O) groups excluding carboxylic acids is 1. The molecule has 0 unspecified atom stereocenters. The molecule has 0 saturated carbocycles. The Hall–Kier alpha value is -2.40. The van der Waals surface area contributed by atoms with E-state index in [1.807, 2.05) is 36.2 Å². The van der Waals surface area contributed by atoms with Crippen LogP contribution in [-0.2, 0) is 17.8 Å². The molecule has 0 aliphatic rings. The Balaban J connectivity index is 1.74. The summed E-state index contributed by atoms with van der Waals surface area (Å²) in [5, 5.41) is 2.89. The molecule has 2 aromatic carbocycles. The zero-order valence-electron chi connectivity index (χ0n) is 14.1. The fourth-order valence-electron chi connectivity index (χ4n) is 2.48. The number of rotatable bonds is 8. The number of halogens is 1. The lowest BCUT2D eigenvalue weighted by atomic mass is 10.1. The molecule has 0 aliphatic heterocycles. The molecule has 1 amide bonds. The van der Waals surface area contributed by atoms with Crippen molar-refractivity contribution in [1.29, 1.82) is 0 Å². The van der Waals surface area contributed by atoms with Gasteiger partial charge in [0.1, 0.15) is 11.6 Å². The van der Waals surface area contributed by atoms with E-state index in [0.717, 1.165) is 16.9 Å². The molecule has 4 nitrogen and oxygen atoms in total. The van der Waals surface area contributed by atoms with Crippen LogP contribution in [0.1, 0.15) is 11.1 Å². The molecule has 2 rings (SSSR count). The lowest BCUT2D eigenvalue weighted by molar-refractivity contribution is -0.122. The fraction of sp³-hybridized carbons (Fsp3) is 0.316. The fourth-order valence-corrected chi connectivity index (χ4v) is 2.48. The normalized spacial score (nSPS) is 10.7. The molecule has 128 valence electrons. The zero-order valence-corrected chi connectivity index (χ0v) is 14.1. The van der Waals surface area contributed by atoms with E-state index in [9.17, 15) is 9.18 Å². The number of carbonyl (C=O) groups is 1. The highest BCUT2D eigenvalue weighted by Crippen LogP contribution is 2.18. The quantitative estimate of drug-likeness (QED) is 0.809. The summed E-state index contributed by atoms with van der Waals surface area (Å²) in [4.78, 5) is 13.9. The molecular formula is C19H23FN2O2. The second-order valence-corrected chi connectivity index (χ2v) is 5.71. The molecule has 0 radical (unpaired) electrons. The van der Waals surface area contributed by atoms with Crippen molar-refractivity contribution < 1.29 is 13.9 Å². The first-order valence-corrected chi connectivity index (χ1v) is 7.90. The molecule has 0 atom stereocenters. The van der Waals surface area contributed by atoms with E-state index in [2.05, 4.69) is 5.32 Å². The van der Waals surface area contributed by atoms with Gasteiger partial charge in [-0.25, -0.2) is 4.39 Å². The average molecular weight is 330 g/mol. The Bertz CT molecular complexity index is 659. The Morgan fingerprint density at radius 3 is 2.58 bits per heavy atom. The van der Waals surface area contributed by atoms with Crippen molar-refractivity contribution in [1.82, 2.24) is 10.2 Å². The van der Waals surface area contributed by atoms with Crippen molar-refractivity contribution in [3.63, 3.8) is 0 Å². The van der Waals surface area contributed by atoms with Crippen LogP contribution >= 0.6 is 0 Å². The van der Waals surface area contributed by atoms with E-state index in [1.165, 1.54) is 12.1 Å². The number of hydrogen-bond acceptors (Lipinski definition) is 3. The summed E-state index contributed by atoms with van der Waals surface area (Å²) in [6, 6.07) is 14.1. The van der Waals surface area contributed by atoms with Crippen molar-refractivity contribution in [2.24, 2.45) is 0 Å². The minimum absolute atomic E-state index is 0.0329. The van der Waals surface area contributed by atoms with E-state index < -0.39 is 0 Å². The summed E-state index contributed by atoms with van der Waals surface area (Å²) in [6.45, 7) is 1.48.